The van der Waals surface area contributed by atoms with Crippen LogP contribution in [0.2, 0.25) is 0 Å². The van der Waals surface area contributed by atoms with E-state index >= 15 is 0 Å². The van der Waals surface area contributed by atoms with Crippen LogP contribution in [0.1, 0.15) is 39.3 Å². The van der Waals surface area contributed by atoms with Gasteiger partial charge in [-0.05, 0) is 48.3 Å². The van der Waals surface area contributed by atoms with Crippen LogP contribution in [0.25, 0.3) is 0 Å². The summed E-state index contributed by atoms with van der Waals surface area (Å²) in [5.41, 5.74) is 1.62. The summed E-state index contributed by atoms with van der Waals surface area (Å²) in [7, 11) is 1.80. The van der Waals surface area contributed by atoms with E-state index in [9.17, 15) is 14.0 Å². The fourth-order valence-corrected chi connectivity index (χ4v) is 5.19. The second kappa shape index (κ2) is 9.65. The van der Waals surface area contributed by atoms with Crippen molar-refractivity contribution in [2.45, 2.75) is 25.3 Å². The molecule has 1 aliphatic heterocycles. The van der Waals surface area contributed by atoms with E-state index in [-0.39, 0.29) is 29.6 Å². The van der Waals surface area contributed by atoms with Gasteiger partial charge in [0.25, 0.3) is 11.8 Å². The van der Waals surface area contributed by atoms with Crippen LogP contribution in [0.5, 0.6) is 0 Å². The van der Waals surface area contributed by atoms with Crippen LogP contribution >= 0.6 is 23.1 Å². The molecule has 4 rings (SSSR count). The third-order valence-electron chi connectivity index (χ3n) is 5.92. The molecule has 0 saturated carbocycles. The van der Waals surface area contributed by atoms with Gasteiger partial charge in [0.1, 0.15) is 5.82 Å². The highest BCUT2D eigenvalue weighted by Gasteiger charge is 2.34. The van der Waals surface area contributed by atoms with E-state index in [0.717, 1.165) is 24.6 Å². The number of likely N-dealkylation sites (N-methyl/N-ethyl adjacent to an activating group) is 1. The Bertz CT molecular complexity index is 1020. The highest BCUT2D eigenvalue weighted by molar-refractivity contribution is 7.08. The van der Waals surface area contributed by atoms with Crippen molar-refractivity contribution in [1.29, 1.82) is 0 Å². The predicted molar refractivity (Wildman–Crippen MR) is 119 cm³/mol. The molecule has 1 aliphatic rings. The monoisotopic (exact) mass is 458 g/mol. The number of amides is 2. The molecule has 3 aromatic rings. The number of halogens is 1. The minimum absolute atomic E-state index is 0.0605. The van der Waals surface area contributed by atoms with E-state index in [2.05, 4.69) is 8.75 Å². The number of hydrogen-bond acceptors (Lipinski definition) is 6. The summed E-state index contributed by atoms with van der Waals surface area (Å²) in [6, 6.07) is 8.37. The van der Waals surface area contributed by atoms with Crippen LogP contribution in [0.4, 0.5) is 4.39 Å². The van der Waals surface area contributed by atoms with Crippen LogP contribution in [-0.4, -0.2) is 56.5 Å². The normalized spacial score (nSPS) is 15.6. The van der Waals surface area contributed by atoms with Crippen LogP contribution in [0.3, 0.4) is 0 Å². The number of carbonyl (C=O) groups is 2. The minimum atomic E-state index is -0.257. The van der Waals surface area contributed by atoms with E-state index in [0.29, 0.717) is 36.3 Å². The first-order valence-corrected chi connectivity index (χ1v) is 11.8. The van der Waals surface area contributed by atoms with E-state index in [1.807, 2.05) is 22.9 Å². The van der Waals surface area contributed by atoms with Crippen molar-refractivity contribution in [3.63, 3.8) is 0 Å². The van der Waals surface area contributed by atoms with Gasteiger partial charge >= 0.3 is 0 Å². The second-order valence-electron chi connectivity index (χ2n) is 7.71. The molecule has 0 bridgehead atoms. The fraction of sp³-hybridized carbons (Fsp3) is 0.364. The van der Waals surface area contributed by atoms with Crippen LogP contribution < -0.4 is 0 Å². The summed E-state index contributed by atoms with van der Waals surface area (Å²) >= 11 is 2.50. The first kappa shape index (κ1) is 21.6. The maximum Gasteiger partial charge on any atom is 0.275 e. The van der Waals surface area contributed by atoms with Crippen LogP contribution in [0, 0.1) is 11.7 Å². The highest BCUT2D eigenvalue weighted by Crippen LogP contribution is 2.29. The molecule has 31 heavy (non-hydrogen) atoms. The summed E-state index contributed by atoms with van der Waals surface area (Å²) in [6.45, 7) is 1.16. The van der Waals surface area contributed by atoms with Gasteiger partial charge in [0.2, 0.25) is 0 Å². The zero-order valence-electron chi connectivity index (χ0n) is 17.1. The number of piperidine rings is 1. The van der Waals surface area contributed by atoms with Crippen molar-refractivity contribution in [2.24, 2.45) is 5.92 Å². The number of aromatic nitrogens is 2. The van der Waals surface area contributed by atoms with Gasteiger partial charge in [0.15, 0.2) is 5.69 Å². The van der Waals surface area contributed by atoms with Gasteiger partial charge in [-0.2, -0.15) is 20.1 Å². The first-order chi connectivity index (χ1) is 15.0. The van der Waals surface area contributed by atoms with E-state index in [1.54, 1.807) is 29.0 Å². The molecule has 9 heteroatoms. The second-order valence-corrected chi connectivity index (χ2v) is 9.05. The molecular formula is C22H23FN4O2S2. The average molecular weight is 459 g/mol. The third kappa shape index (κ3) is 4.83. The summed E-state index contributed by atoms with van der Waals surface area (Å²) in [4.78, 5) is 29.2. The molecule has 0 radical (unpaired) electrons. The molecule has 1 fully saturated rings. The van der Waals surface area contributed by atoms with Crippen LogP contribution in [-0.2, 0) is 6.42 Å². The number of carbonyl (C=O) groups excluding carboxylic acids is 2. The van der Waals surface area contributed by atoms with E-state index in [4.69, 9.17) is 0 Å². The molecule has 3 heterocycles. The summed E-state index contributed by atoms with van der Waals surface area (Å²) in [5, 5.41) is 3.71. The molecular weight excluding hydrogens is 435 g/mol. The molecule has 6 nitrogen and oxygen atoms in total. The van der Waals surface area contributed by atoms with Crippen molar-refractivity contribution in [3.8, 4) is 0 Å². The molecule has 2 amide bonds. The Balaban J connectivity index is 1.51. The number of benzene rings is 1. The molecule has 0 spiro atoms. The highest BCUT2D eigenvalue weighted by atomic mass is 32.1. The quantitative estimate of drug-likeness (QED) is 0.561. The average Bonchev–Trinajstić information content (AvgIpc) is 3.52. The Labute approximate surface area is 188 Å². The molecule has 2 aromatic heterocycles. The van der Waals surface area contributed by atoms with Gasteiger partial charge in [0.05, 0.1) is 23.5 Å². The Kier molecular flexibility index (Phi) is 6.72. The van der Waals surface area contributed by atoms with Gasteiger partial charge in [-0.3, -0.25) is 9.59 Å². The summed E-state index contributed by atoms with van der Waals surface area (Å²) < 4.78 is 22.4. The van der Waals surface area contributed by atoms with Gasteiger partial charge in [-0.15, -0.1) is 0 Å². The Morgan fingerprint density at radius 1 is 1.26 bits per heavy atom. The molecule has 0 unspecified atom stereocenters. The molecule has 1 atom stereocenters. The lowest BCUT2D eigenvalue weighted by atomic mass is 9.84. The SMILES string of the molecule is CN(C(=O)c1ccsc1)[C@H](Cc1ccccc1F)C1CCN(C(=O)c2cnsn2)CC1. The van der Waals surface area contributed by atoms with Gasteiger partial charge in [-0.25, -0.2) is 4.39 Å². The van der Waals surface area contributed by atoms with Gasteiger partial charge in [-0.1, -0.05) is 18.2 Å². The summed E-state index contributed by atoms with van der Waals surface area (Å²) in [5.74, 6) is -0.271. The molecule has 162 valence electrons. The number of likely N-dealkylation sites (tertiary alicyclic amines) is 1. The Morgan fingerprint density at radius 3 is 2.68 bits per heavy atom. The van der Waals surface area contributed by atoms with Gasteiger partial charge in [0, 0.05) is 31.6 Å². The number of rotatable bonds is 6. The summed E-state index contributed by atoms with van der Waals surface area (Å²) in [6.07, 6.45) is 3.41. The maximum atomic E-state index is 14.4. The number of nitrogens with zero attached hydrogens (tertiary/aromatic N) is 4. The fourth-order valence-electron chi connectivity index (χ4n) is 4.16. The predicted octanol–water partition coefficient (Wildman–Crippen LogP) is 3.97. The van der Waals surface area contributed by atoms with Crippen molar-refractivity contribution in [3.05, 3.63) is 69.9 Å². The standard InChI is InChI=1S/C22H23FN4O2S2/c1-26(21(28)17-8-11-30-14-17)20(12-16-4-2-3-5-18(16)23)15-6-9-27(10-7-15)22(29)19-13-24-31-25-19/h2-5,8,11,13-15,20H,6-7,9-10,12H2,1H3/t20-/m1/s1. The van der Waals surface area contributed by atoms with E-state index in [1.165, 1.54) is 23.6 Å². The lowest BCUT2D eigenvalue weighted by Crippen LogP contribution is -2.48. The zero-order valence-corrected chi connectivity index (χ0v) is 18.7. The third-order valence-corrected chi connectivity index (χ3v) is 7.09. The topological polar surface area (TPSA) is 66.4 Å². The smallest absolute Gasteiger partial charge is 0.275 e. The zero-order chi connectivity index (χ0) is 21.8. The van der Waals surface area contributed by atoms with Crippen molar-refractivity contribution in [1.82, 2.24) is 18.5 Å². The largest absolute Gasteiger partial charge is 0.338 e. The minimum Gasteiger partial charge on any atom is -0.338 e. The maximum absolute atomic E-state index is 14.4. The molecule has 0 aliphatic carbocycles. The molecule has 1 aromatic carbocycles. The van der Waals surface area contributed by atoms with Gasteiger partial charge < -0.3 is 9.80 Å². The van der Waals surface area contributed by atoms with Crippen LogP contribution in [0.15, 0.2) is 47.3 Å². The molecule has 0 N–H and O–H groups in total. The number of hydrogen-bond donors (Lipinski definition) is 0. The van der Waals surface area contributed by atoms with E-state index < -0.39 is 0 Å². The number of thiophene rings is 1. The van der Waals surface area contributed by atoms with Crippen molar-refractivity contribution < 1.29 is 14.0 Å². The van der Waals surface area contributed by atoms with Crippen molar-refractivity contribution in [2.75, 3.05) is 20.1 Å². The lowest BCUT2D eigenvalue weighted by Gasteiger charge is -2.40. The Hall–Kier alpha value is -2.65. The first-order valence-electron chi connectivity index (χ1n) is 10.1. The van der Waals surface area contributed by atoms with Crippen molar-refractivity contribution >= 4 is 34.9 Å². The Morgan fingerprint density at radius 2 is 2.03 bits per heavy atom. The lowest BCUT2D eigenvalue weighted by molar-refractivity contribution is 0.0519. The molecule has 1 saturated heterocycles.